The Morgan fingerprint density at radius 2 is 2.12 bits per heavy atom. The molecule has 0 spiro atoms. The predicted octanol–water partition coefficient (Wildman–Crippen LogP) is 1.74. The Balaban J connectivity index is 1.63. The zero-order valence-electron chi connectivity index (χ0n) is 15.0. The second-order valence-electron chi connectivity index (χ2n) is 6.85. The summed E-state index contributed by atoms with van der Waals surface area (Å²) in [6, 6.07) is 7.72. The molecule has 3 rings (SSSR count). The van der Waals surface area contributed by atoms with Crippen molar-refractivity contribution in [2.24, 2.45) is 0 Å². The lowest BCUT2D eigenvalue weighted by atomic mass is 10.1. The van der Waals surface area contributed by atoms with Crippen LogP contribution in [0.4, 0.5) is 0 Å². The van der Waals surface area contributed by atoms with E-state index in [2.05, 4.69) is 5.32 Å². The lowest BCUT2D eigenvalue weighted by Gasteiger charge is -2.33. The van der Waals surface area contributed by atoms with Gasteiger partial charge in [0.05, 0.1) is 24.7 Å². The highest BCUT2D eigenvalue weighted by molar-refractivity contribution is 7.91. The zero-order valence-corrected chi connectivity index (χ0v) is 16.7. The summed E-state index contributed by atoms with van der Waals surface area (Å²) in [5.74, 6) is 1.22. The van der Waals surface area contributed by atoms with Crippen LogP contribution in [0, 0.1) is 0 Å². The summed E-state index contributed by atoms with van der Waals surface area (Å²) in [5.41, 5.74) is 1.09. The van der Waals surface area contributed by atoms with Crippen LogP contribution in [0.15, 0.2) is 24.3 Å². The SMILES string of the molecule is COc1ccc(CNC(=S)N(C[C@@H]2CCCO2)[C@@H]2CCS(=O)(=O)C2)cc1. The van der Waals surface area contributed by atoms with Crippen LogP contribution in [-0.4, -0.2) is 62.3 Å². The monoisotopic (exact) mass is 398 g/mol. The van der Waals surface area contributed by atoms with Gasteiger partial charge in [0.2, 0.25) is 0 Å². The molecule has 0 unspecified atom stereocenters. The molecule has 144 valence electrons. The van der Waals surface area contributed by atoms with Crippen molar-refractivity contribution in [3.05, 3.63) is 29.8 Å². The van der Waals surface area contributed by atoms with E-state index in [1.54, 1.807) is 7.11 Å². The number of hydrogen-bond donors (Lipinski definition) is 1. The minimum absolute atomic E-state index is 0.0694. The highest BCUT2D eigenvalue weighted by Gasteiger charge is 2.35. The molecule has 0 aliphatic carbocycles. The van der Waals surface area contributed by atoms with E-state index in [1.807, 2.05) is 29.2 Å². The van der Waals surface area contributed by atoms with Crippen LogP contribution in [0.5, 0.6) is 5.75 Å². The summed E-state index contributed by atoms with van der Waals surface area (Å²) < 4.78 is 34.7. The topological polar surface area (TPSA) is 67.9 Å². The molecule has 2 fully saturated rings. The van der Waals surface area contributed by atoms with Crippen LogP contribution in [-0.2, 0) is 21.1 Å². The minimum atomic E-state index is -2.97. The maximum Gasteiger partial charge on any atom is 0.169 e. The van der Waals surface area contributed by atoms with Gasteiger partial charge in [-0.1, -0.05) is 12.1 Å². The van der Waals surface area contributed by atoms with E-state index in [1.165, 1.54) is 0 Å². The highest BCUT2D eigenvalue weighted by Crippen LogP contribution is 2.22. The molecule has 0 radical (unpaired) electrons. The molecular weight excluding hydrogens is 372 g/mol. The van der Waals surface area contributed by atoms with Crippen molar-refractivity contribution in [2.45, 2.75) is 38.0 Å². The molecule has 2 saturated heterocycles. The summed E-state index contributed by atoms with van der Waals surface area (Å²) in [5, 5.41) is 3.88. The number of thiocarbonyl (C=S) groups is 1. The third-order valence-electron chi connectivity index (χ3n) is 4.94. The summed E-state index contributed by atoms with van der Waals surface area (Å²) >= 11 is 5.61. The minimum Gasteiger partial charge on any atom is -0.497 e. The van der Waals surface area contributed by atoms with Gasteiger partial charge in [-0.3, -0.25) is 0 Å². The quantitative estimate of drug-likeness (QED) is 0.732. The molecule has 0 amide bonds. The van der Waals surface area contributed by atoms with Crippen molar-refractivity contribution in [2.75, 3.05) is 31.8 Å². The molecule has 26 heavy (non-hydrogen) atoms. The second kappa shape index (κ2) is 8.54. The fourth-order valence-corrected chi connectivity index (χ4v) is 5.48. The van der Waals surface area contributed by atoms with E-state index in [9.17, 15) is 8.42 Å². The summed E-state index contributed by atoms with van der Waals surface area (Å²) in [6.07, 6.45) is 2.79. The maximum atomic E-state index is 11.9. The summed E-state index contributed by atoms with van der Waals surface area (Å²) in [7, 11) is -1.33. The van der Waals surface area contributed by atoms with E-state index in [4.69, 9.17) is 21.7 Å². The lowest BCUT2D eigenvalue weighted by Crippen LogP contribution is -2.49. The average molecular weight is 399 g/mol. The first-order valence-corrected chi connectivity index (χ1v) is 11.2. The predicted molar refractivity (Wildman–Crippen MR) is 105 cm³/mol. The molecule has 1 aromatic carbocycles. The Morgan fingerprint density at radius 3 is 2.69 bits per heavy atom. The van der Waals surface area contributed by atoms with E-state index >= 15 is 0 Å². The molecule has 2 aliphatic heterocycles. The Bertz CT molecular complexity index is 715. The average Bonchev–Trinajstić information content (AvgIpc) is 3.27. The molecule has 1 N–H and O–H groups in total. The van der Waals surface area contributed by atoms with Crippen LogP contribution in [0.3, 0.4) is 0 Å². The summed E-state index contributed by atoms with van der Waals surface area (Å²) in [6.45, 7) is 2.01. The molecule has 0 bridgehead atoms. The number of rotatable bonds is 6. The van der Waals surface area contributed by atoms with Crippen LogP contribution in [0.1, 0.15) is 24.8 Å². The van der Waals surface area contributed by atoms with Gasteiger partial charge < -0.3 is 19.7 Å². The number of sulfone groups is 1. The highest BCUT2D eigenvalue weighted by atomic mass is 32.2. The van der Waals surface area contributed by atoms with E-state index < -0.39 is 9.84 Å². The summed E-state index contributed by atoms with van der Waals surface area (Å²) in [4.78, 5) is 2.03. The third kappa shape index (κ3) is 5.08. The maximum absolute atomic E-state index is 11.9. The standard InChI is InChI=1S/C18H26N2O4S2/c1-23-16-6-4-14(5-7-16)11-19-18(25)20(12-17-3-2-9-24-17)15-8-10-26(21,22)13-15/h4-7,15,17H,2-3,8-13H2,1H3,(H,19,25)/t15-,17+/m1/s1. The van der Waals surface area contributed by atoms with Crippen molar-refractivity contribution in [1.82, 2.24) is 10.2 Å². The van der Waals surface area contributed by atoms with Gasteiger partial charge in [0, 0.05) is 25.7 Å². The van der Waals surface area contributed by atoms with Gasteiger partial charge in [-0.25, -0.2) is 8.42 Å². The molecule has 2 heterocycles. The van der Waals surface area contributed by atoms with Crippen molar-refractivity contribution in [3.63, 3.8) is 0 Å². The van der Waals surface area contributed by atoms with Crippen molar-refractivity contribution in [1.29, 1.82) is 0 Å². The van der Waals surface area contributed by atoms with Gasteiger partial charge in [0.1, 0.15) is 5.75 Å². The van der Waals surface area contributed by atoms with Crippen LogP contribution < -0.4 is 10.1 Å². The zero-order chi connectivity index (χ0) is 18.6. The first-order chi connectivity index (χ1) is 12.5. The third-order valence-corrected chi connectivity index (χ3v) is 7.07. The van der Waals surface area contributed by atoms with E-state index in [0.717, 1.165) is 30.8 Å². The van der Waals surface area contributed by atoms with E-state index in [-0.39, 0.29) is 23.7 Å². The molecule has 6 nitrogen and oxygen atoms in total. The number of hydrogen-bond acceptors (Lipinski definition) is 5. The van der Waals surface area contributed by atoms with Crippen molar-refractivity contribution < 1.29 is 17.9 Å². The molecule has 0 saturated carbocycles. The van der Waals surface area contributed by atoms with Crippen LogP contribution in [0.2, 0.25) is 0 Å². The fraction of sp³-hybridized carbons (Fsp3) is 0.611. The Morgan fingerprint density at radius 1 is 1.35 bits per heavy atom. The molecule has 0 aromatic heterocycles. The van der Waals surface area contributed by atoms with Gasteiger partial charge in [-0.05, 0) is 49.2 Å². The lowest BCUT2D eigenvalue weighted by molar-refractivity contribution is 0.0841. The number of benzene rings is 1. The molecule has 8 heteroatoms. The van der Waals surface area contributed by atoms with Crippen LogP contribution in [0.25, 0.3) is 0 Å². The van der Waals surface area contributed by atoms with Gasteiger partial charge in [-0.15, -0.1) is 0 Å². The van der Waals surface area contributed by atoms with E-state index in [0.29, 0.717) is 24.6 Å². The fourth-order valence-electron chi connectivity index (χ4n) is 3.45. The molecule has 1 aromatic rings. The molecule has 2 aliphatic rings. The number of nitrogens with zero attached hydrogens (tertiary/aromatic N) is 1. The largest absolute Gasteiger partial charge is 0.497 e. The van der Waals surface area contributed by atoms with Gasteiger partial charge >= 0.3 is 0 Å². The second-order valence-corrected chi connectivity index (χ2v) is 9.47. The number of ether oxygens (including phenoxy) is 2. The first-order valence-electron chi connectivity index (χ1n) is 8.96. The van der Waals surface area contributed by atoms with Crippen molar-refractivity contribution >= 4 is 27.2 Å². The first kappa shape index (κ1) is 19.4. The normalized spacial score (nSPS) is 24.3. The smallest absolute Gasteiger partial charge is 0.169 e. The van der Waals surface area contributed by atoms with Crippen LogP contribution >= 0.6 is 12.2 Å². The number of methoxy groups -OCH3 is 1. The molecule has 2 atom stereocenters. The van der Waals surface area contributed by atoms with Gasteiger partial charge in [-0.2, -0.15) is 0 Å². The van der Waals surface area contributed by atoms with Crippen molar-refractivity contribution in [3.8, 4) is 5.75 Å². The Hall–Kier alpha value is -1.38. The Kier molecular flexibility index (Phi) is 6.37. The molecular formula is C18H26N2O4S2. The number of nitrogens with one attached hydrogen (secondary N) is 1. The Labute approximate surface area is 160 Å². The van der Waals surface area contributed by atoms with Gasteiger partial charge in [0.15, 0.2) is 14.9 Å². The van der Waals surface area contributed by atoms with Gasteiger partial charge in [0.25, 0.3) is 0 Å².